The van der Waals surface area contributed by atoms with Crippen LogP contribution in [-0.4, -0.2) is 0 Å². The second-order valence-corrected chi connectivity index (χ2v) is 4.72. The Morgan fingerprint density at radius 3 is 2.08 bits per heavy atom. The van der Waals surface area contributed by atoms with E-state index in [-0.39, 0.29) is 4.87 Å². The van der Waals surface area contributed by atoms with E-state index in [0.29, 0.717) is 0 Å². The molecule has 0 spiro atoms. The maximum absolute atomic E-state index is 6.18. The van der Waals surface area contributed by atoms with Crippen molar-refractivity contribution in [2.24, 2.45) is 0 Å². The zero-order valence-corrected chi connectivity index (χ0v) is 8.87. The SMILES string of the molecule is Cc1ccc(C(C)(C)Cl)cc1C. The van der Waals surface area contributed by atoms with Gasteiger partial charge >= 0.3 is 0 Å². The molecule has 12 heavy (non-hydrogen) atoms. The maximum atomic E-state index is 6.18. The van der Waals surface area contributed by atoms with Crippen LogP contribution >= 0.6 is 11.6 Å². The Morgan fingerprint density at radius 2 is 1.67 bits per heavy atom. The lowest BCUT2D eigenvalue weighted by Gasteiger charge is -2.17. The summed E-state index contributed by atoms with van der Waals surface area (Å²) in [7, 11) is 0. The van der Waals surface area contributed by atoms with E-state index in [2.05, 4.69) is 32.0 Å². The van der Waals surface area contributed by atoms with Crippen LogP contribution in [0.4, 0.5) is 0 Å². The average Bonchev–Trinajstić information content (AvgIpc) is 1.92. The number of aryl methyl sites for hydroxylation is 2. The van der Waals surface area contributed by atoms with E-state index in [0.717, 1.165) is 0 Å². The van der Waals surface area contributed by atoms with Gasteiger partial charge in [-0.1, -0.05) is 18.2 Å². The predicted octanol–water partition coefficient (Wildman–Crippen LogP) is 3.78. The monoisotopic (exact) mass is 182 g/mol. The summed E-state index contributed by atoms with van der Waals surface area (Å²) in [6.07, 6.45) is 0. The molecule has 0 aromatic heterocycles. The van der Waals surface area contributed by atoms with E-state index in [1.807, 2.05) is 13.8 Å². The van der Waals surface area contributed by atoms with Crippen molar-refractivity contribution in [3.63, 3.8) is 0 Å². The molecule has 1 aromatic carbocycles. The molecule has 66 valence electrons. The number of rotatable bonds is 1. The maximum Gasteiger partial charge on any atom is 0.0638 e. The number of halogens is 1. The van der Waals surface area contributed by atoms with Crippen molar-refractivity contribution < 1.29 is 0 Å². The first-order valence-electron chi connectivity index (χ1n) is 4.18. The highest BCUT2D eigenvalue weighted by atomic mass is 35.5. The van der Waals surface area contributed by atoms with Crippen LogP contribution in [-0.2, 0) is 4.87 Å². The summed E-state index contributed by atoms with van der Waals surface area (Å²) in [6, 6.07) is 6.37. The highest BCUT2D eigenvalue weighted by Gasteiger charge is 2.16. The Kier molecular flexibility index (Phi) is 2.48. The molecule has 0 unspecified atom stereocenters. The fourth-order valence-corrected chi connectivity index (χ4v) is 1.23. The number of hydrogen-bond acceptors (Lipinski definition) is 0. The highest BCUT2D eigenvalue weighted by Crippen LogP contribution is 2.28. The van der Waals surface area contributed by atoms with Crippen LogP contribution in [0.25, 0.3) is 0 Å². The molecule has 0 radical (unpaired) electrons. The van der Waals surface area contributed by atoms with Gasteiger partial charge in [0.2, 0.25) is 0 Å². The molecule has 0 nitrogen and oxygen atoms in total. The first-order chi connectivity index (χ1) is 5.41. The molecule has 1 rings (SSSR count). The van der Waals surface area contributed by atoms with Crippen LogP contribution in [0.1, 0.15) is 30.5 Å². The van der Waals surface area contributed by atoms with Crippen LogP contribution in [0.15, 0.2) is 18.2 Å². The van der Waals surface area contributed by atoms with Gasteiger partial charge in [-0.3, -0.25) is 0 Å². The van der Waals surface area contributed by atoms with E-state index in [1.54, 1.807) is 0 Å². The topological polar surface area (TPSA) is 0 Å². The van der Waals surface area contributed by atoms with Crippen molar-refractivity contribution in [3.05, 3.63) is 34.9 Å². The molecule has 0 heterocycles. The zero-order valence-electron chi connectivity index (χ0n) is 8.11. The second-order valence-electron chi connectivity index (χ2n) is 3.77. The van der Waals surface area contributed by atoms with E-state index in [9.17, 15) is 0 Å². The minimum atomic E-state index is -0.252. The predicted molar refractivity (Wildman–Crippen MR) is 54.8 cm³/mol. The summed E-state index contributed by atoms with van der Waals surface area (Å²) in [4.78, 5) is -0.252. The van der Waals surface area contributed by atoms with E-state index in [1.165, 1.54) is 16.7 Å². The molecular formula is C11H15Cl. The number of hydrogen-bond donors (Lipinski definition) is 0. The lowest BCUT2D eigenvalue weighted by atomic mass is 9.98. The van der Waals surface area contributed by atoms with Gasteiger partial charge in [-0.2, -0.15) is 0 Å². The standard InChI is InChI=1S/C11H15Cl/c1-8-5-6-10(7-9(8)2)11(3,4)12/h5-7H,1-4H3. The van der Waals surface area contributed by atoms with Crippen molar-refractivity contribution in [1.82, 2.24) is 0 Å². The first kappa shape index (κ1) is 9.60. The Balaban J connectivity index is 3.14. The third kappa shape index (κ3) is 2.01. The van der Waals surface area contributed by atoms with Gasteiger partial charge in [0.15, 0.2) is 0 Å². The van der Waals surface area contributed by atoms with Crippen LogP contribution in [0, 0.1) is 13.8 Å². The largest absolute Gasteiger partial charge is 0.115 e. The van der Waals surface area contributed by atoms with Gasteiger partial charge in [0.1, 0.15) is 0 Å². The van der Waals surface area contributed by atoms with E-state index < -0.39 is 0 Å². The molecule has 0 aliphatic heterocycles. The smallest absolute Gasteiger partial charge is 0.0638 e. The summed E-state index contributed by atoms with van der Waals surface area (Å²) in [5.74, 6) is 0. The average molecular weight is 183 g/mol. The van der Waals surface area contributed by atoms with Gasteiger partial charge in [0, 0.05) is 0 Å². The number of benzene rings is 1. The van der Waals surface area contributed by atoms with Gasteiger partial charge in [-0.05, 0) is 44.4 Å². The van der Waals surface area contributed by atoms with Crippen molar-refractivity contribution in [2.75, 3.05) is 0 Å². The van der Waals surface area contributed by atoms with Gasteiger partial charge < -0.3 is 0 Å². The summed E-state index contributed by atoms with van der Waals surface area (Å²) in [5, 5.41) is 0. The molecule has 0 fully saturated rings. The Bertz CT molecular complexity index is 282. The third-order valence-corrected chi connectivity index (χ3v) is 2.41. The van der Waals surface area contributed by atoms with Gasteiger partial charge in [0.25, 0.3) is 0 Å². The Morgan fingerprint density at radius 1 is 1.08 bits per heavy atom. The van der Waals surface area contributed by atoms with Gasteiger partial charge in [-0.25, -0.2) is 0 Å². The van der Waals surface area contributed by atoms with Crippen molar-refractivity contribution in [3.8, 4) is 0 Å². The van der Waals surface area contributed by atoms with Crippen molar-refractivity contribution in [1.29, 1.82) is 0 Å². The lowest BCUT2D eigenvalue weighted by Crippen LogP contribution is -2.07. The molecule has 0 aliphatic rings. The second kappa shape index (κ2) is 3.10. The molecule has 0 saturated heterocycles. The van der Waals surface area contributed by atoms with Crippen molar-refractivity contribution in [2.45, 2.75) is 32.6 Å². The summed E-state index contributed by atoms with van der Waals surface area (Å²) in [5.41, 5.74) is 3.81. The molecule has 0 atom stereocenters. The molecular weight excluding hydrogens is 168 g/mol. The highest BCUT2D eigenvalue weighted by molar-refractivity contribution is 6.23. The summed E-state index contributed by atoms with van der Waals surface area (Å²) < 4.78 is 0. The minimum Gasteiger partial charge on any atom is -0.115 e. The van der Waals surface area contributed by atoms with Crippen LogP contribution in [0.5, 0.6) is 0 Å². The fraction of sp³-hybridized carbons (Fsp3) is 0.455. The Hall–Kier alpha value is -0.490. The lowest BCUT2D eigenvalue weighted by molar-refractivity contribution is 0.764. The van der Waals surface area contributed by atoms with Crippen LogP contribution in [0.2, 0.25) is 0 Å². The third-order valence-electron chi connectivity index (χ3n) is 2.19. The molecule has 1 aromatic rings. The molecule has 1 heteroatoms. The Labute approximate surface area is 79.6 Å². The molecule has 0 N–H and O–H groups in total. The molecule has 0 saturated carbocycles. The van der Waals surface area contributed by atoms with Gasteiger partial charge in [0.05, 0.1) is 4.87 Å². The summed E-state index contributed by atoms with van der Waals surface area (Å²) >= 11 is 6.18. The normalized spacial score (nSPS) is 11.8. The summed E-state index contributed by atoms with van der Waals surface area (Å²) in [6.45, 7) is 8.25. The molecule has 0 bridgehead atoms. The minimum absolute atomic E-state index is 0.252. The zero-order chi connectivity index (χ0) is 9.35. The first-order valence-corrected chi connectivity index (χ1v) is 4.55. The van der Waals surface area contributed by atoms with Crippen LogP contribution in [0.3, 0.4) is 0 Å². The molecule has 0 amide bonds. The van der Waals surface area contributed by atoms with Crippen molar-refractivity contribution >= 4 is 11.6 Å². The number of alkyl halides is 1. The molecule has 0 aliphatic carbocycles. The van der Waals surface area contributed by atoms with E-state index in [4.69, 9.17) is 11.6 Å². The van der Waals surface area contributed by atoms with Gasteiger partial charge in [-0.15, -0.1) is 11.6 Å². The fourth-order valence-electron chi connectivity index (χ4n) is 1.11. The van der Waals surface area contributed by atoms with Crippen LogP contribution < -0.4 is 0 Å². The quantitative estimate of drug-likeness (QED) is 0.580. The van der Waals surface area contributed by atoms with E-state index >= 15 is 0 Å².